The Kier molecular flexibility index (Phi) is 7.19. The van der Waals surface area contributed by atoms with E-state index in [1.54, 1.807) is 0 Å². The minimum absolute atomic E-state index is 0.0263. The highest BCUT2D eigenvalue weighted by Gasteiger charge is 2.57. The molecule has 1 spiro atoms. The van der Waals surface area contributed by atoms with Gasteiger partial charge < -0.3 is 14.1 Å². The number of para-hydroxylation sites is 3. The molecule has 0 atom stereocenters. The lowest BCUT2D eigenvalue weighted by Gasteiger charge is -2.51. The summed E-state index contributed by atoms with van der Waals surface area (Å²) in [7, 11) is 0. The van der Waals surface area contributed by atoms with Crippen LogP contribution in [-0.4, -0.2) is 6.85 Å². The molecule has 3 nitrogen and oxygen atoms in total. The minimum atomic E-state index is -0.534. The predicted octanol–water partition coefficient (Wildman–Crippen LogP) is 15.6. The van der Waals surface area contributed by atoms with E-state index in [9.17, 15) is 0 Å². The highest BCUT2D eigenvalue weighted by Crippen LogP contribution is 2.65. The number of benzene rings is 9. The number of nitrogens with zero attached hydrogens (tertiary/aromatic N) is 2. The van der Waals surface area contributed by atoms with Crippen molar-refractivity contribution in [3.63, 3.8) is 0 Å². The summed E-state index contributed by atoms with van der Waals surface area (Å²) < 4.78 is 7.33. The van der Waals surface area contributed by atoms with Gasteiger partial charge in [-0.25, -0.2) is 0 Å². The Morgan fingerprint density at radius 2 is 1.07 bits per heavy atom. The molecule has 9 aromatic carbocycles. The largest absolute Gasteiger partial charge is 0.455 e. The molecule has 334 valence electrons. The van der Waals surface area contributed by atoms with E-state index in [1.807, 2.05) is 0 Å². The number of hydrogen-bond acceptors (Lipinski definition) is 3. The fourth-order valence-corrected chi connectivity index (χ4v) is 15.0. The first-order valence-electron chi connectivity index (χ1n) is 25.4. The Morgan fingerprint density at radius 3 is 1.84 bits per heavy atom. The van der Waals surface area contributed by atoms with Crippen molar-refractivity contribution in [3.05, 3.63) is 220 Å². The van der Waals surface area contributed by atoms with Crippen LogP contribution in [-0.2, 0) is 21.7 Å². The molecule has 0 saturated carbocycles. The first-order chi connectivity index (χ1) is 34.0. The van der Waals surface area contributed by atoms with Crippen LogP contribution < -0.4 is 20.6 Å². The van der Waals surface area contributed by atoms with Crippen molar-refractivity contribution in [2.45, 2.75) is 76.0 Å². The van der Waals surface area contributed by atoms with Gasteiger partial charge in [-0.3, -0.25) is 0 Å². The van der Waals surface area contributed by atoms with E-state index in [1.165, 1.54) is 124 Å². The van der Waals surface area contributed by atoms with Crippen LogP contribution in [0.4, 0.5) is 28.4 Å². The Morgan fingerprint density at radius 1 is 0.443 bits per heavy atom. The van der Waals surface area contributed by atoms with Crippen molar-refractivity contribution >= 4 is 68.1 Å². The van der Waals surface area contributed by atoms with Crippen LogP contribution in [0.3, 0.4) is 0 Å². The Balaban J connectivity index is 1.10. The third-order valence-corrected chi connectivity index (χ3v) is 18.3. The number of rotatable bonds is 1. The Labute approximate surface area is 410 Å². The van der Waals surface area contributed by atoms with E-state index in [4.69, 9.17) is 4.42 Å². The quantitative estimate of drug-likeness (QED) is 0.153. The van der Waals surface area contributed by atoms with E-state index >= 15 is 0 Å². The van der Waals surface area contributed by atoms with Crippen LogP contribution >= 0.6 is 0 Å². The summed E-state index contributed by atoms with van der Waals surface area (Å²) in [5.74, 6) is 0. The maximum atomic E-state index is 7.33. The summed E-state index contributed by atoms with van der Waals surface area (Å²) >= 11 is 0. The molecule has 0 amide bonds. The second kappa shape index (κ2) is 12.8. The van der Waals surface area contributed by atoms with Crippen molar-refractivity contribution in [1.82, 2.24) is 0 Å². The minimum Gasteiger partial charge on any atom is -0.455 e. The number of hydrogen-bond donors (Lipinski definition) is 0. The van der Waals surface area contributed by atoms with Gasteiger partial charge in [0, 0.05) is 50.1 Å². The standard InChI is InChI=1S/C66H51BN2O/c1-63(2)34-35-64(3,4)51-36-38(30-31-47(51)63)69-54-33-32-49-57(42-21-9-11-22-44(42)65(49,5)6)58(54)59-60-55(37-43-41-20-10-16-29-56(41)70-62(43)59)68-53-28-15-14-25-48(53)66(50-26-17-27-52(61(50)68)67(60)69)45-23-12-7-18-39(45)40-19-8-13-24-46(40)66/h7-33,36-37H,34-35H2,1-6H3. The molecule has 3 aliphatic carbocycles. The van der Waals surface area contributed by atoms with Crippen molar-refractivity contribution in [1.29, 1.82) is 0 Å². The van der Waals surface area contributed by atoms with Gasteiger partial charge in [-0.2, -0.15) is 0 Å². The molecule has 3 aliphatic heterocycles. The molecule has 4 heteroatoms. The summed E-state index contributed by atoms with van der Waals surface area (Å²) in [6, 6.07) is 67.8. The molecule has 0 N–H and O–H groups in total. The third-order valence-electron chi connectivity index (χ3n) is 18.3. The van der Waals surface area contributed by atoms with Gasteiger partial charge in [0.1, 0.15) is 11.2 Å². The van der Waals surface area contributed by atoms with Gasteiger partial charge >= 0.3 is 6.85 Å². The molecule has 0 saturated heterocycles. The SMILES string of the molecule is CC1(C)CCC(C)(C)c2cc(N3B4c5cccc6c5N(c5ccccc5C65c6ccccc6-c6ccccc65)c5cc6c(oc7ccccc76)c(c54)-c4c3ccc3c4-c4ccccc4C3(C)C)ccc21. The zero-order valence-corrected chi connectivity index (χ0v) is 40.5. The molecule has 1 aromatic heterocycles. The summed E-state index contributed by atoms with van der Waals surface area (Å²) in [6.45, 7) is 14.5. The molecule has 16 rings (SSSR count). The second-order valence-electron chi connectivity index (χ2n) is 22.9. The summed E-state index contributed by atoms with van der Waals surface area (Å²) in [5, 5.41) is 2.29. The van der Waals surface area contributed by atoms with Gasteiger partial charge in [0.15, 0.2) is 0 Å². The van der Waals surface area contributed by atoms with E-state index < -0.39 is 5.41 Å². The van der Waals surface area contributed by atoms with Gasteiger partial charge in [-0.15, -0.1) is 0 Å². The Hall–Kier alpha value is -7.56. The van der Waals surface area contributed by atoms with E-state index in [-0.39, 0.29) is 23.1 Å². The van der Waals surface area contributed by atoms with Crippen LogP contribution in [0.2, 0.25) is 0 Å². The maximum absolute atomic E-state index is 7.33. The van der Waals surface area contributed by atoms with Crippen LogP contribution in [0.1, 0.15) is 98.9 Å². The number of fused-ring (bicyclic) bond motifs is 22. The third kappa shape index (κ3) is 4.48. The first-order valence-corrected chi connectivity index (χ1v) is 25.4. The molecular weight excluding hydrogens is 848 g/mol. The van der Waals surface area contributed by atoms with Crippen molar-refractivity contribution in [2.24, 2.45) is 0 Å². The van der Waals surface area contributed by atoms with Gasteiger partial charge in [0.2, 0.25) is 0 Å². The molecule has 4 heterocycles. The zero-order valence-electron chi connectivity index (χ0n) is 40.5. The van der Waals surface area contributed by atoms with Gasteiger partial charge in [-0.05, 0) is 138 Å². The first kappa shape index (κ1) is 39.3. The highest BCUT2D eigenvalue weighted by molar-refractivity contribution is 6.94. The summed E-state index contributed by atoms with van der Waals surface area (Å²) in [4.78, 5) is 5.44. The maximum Gasteiger partial charge on any atom is 0.333 e. The normalized spacial score (nSPS) is 17.8. The van der Waals surface area contributed by atoms with Crippen LogP contribution in [0, 0.1) is 0 Å². The van der Waals surface area contributed by atoms with Gasteiger partial charge in [-0.1, -0.05) is 181 Å². The lowest BCUT2D eigenvalue weighted by Crippen LogP contribution is -2.62. The number of anilines is 5. The smallest absolute Gasteiger partial charge is 0.333 e. The zero-order chi connectivity index (χ0) is 46.8. The fourth-order valence-electron chi connectivity index (χ4n) is 15.0. The highest BCUT2D eigenvalue weighted by atomic mass is 16.3. The van der Waals surface area contributed by atoms with Crippen molar-refractivity contribution in [3.8, 4) is 33.4 Å². The number of furan rings is 1. The lowest BCUT2D eigenvalue weighted by atomic mass is 9.42. The van der Waals surface area contributed by atoms with E-state index in [0.717, 1.165) is 28.4 Å². The van der Waals surface area contributed by atoms with E-state index in [2.05, 4.69) is 227 Å². The molecule has 70 heavy (non-hydrogen) atoms. The second-order valence-corrected chi connectivity index (χ2v) is 22.9. The van der Waals surface area contributed by atoms with Crippen molar-refractivity contribution in [2.75, 3.05) is 9.71 Å². The van der Waals surface area contributed by atoms with Gasteiger partial charge in [0.05, 0.1) is 11.1 Å². The summed E-state index contributed by atoms with van der Waals surface area (Å²) in [5.41, 5.74) is 28.8. The van der Waals surface area contributed by atoms with Crippen LogP contribution in [0.25, 0.3) is 55.3 Å². The molecule has 0 bridgehead atoms. The Bertz CT molecular complexity index is 3990. The fraction of sp³-hybridized carbons (Fsp3) is 0.182. The molecule has 0 unspecified atom stereocenters. The van der Waals surface area contributed by atoms with Crippen LogP contribution in [0.15, 0.2) is 180 Å². The van der Waals surface area contributed by atoms with Crippen LogP contribution in [0.5, 0.6) is 0 Å². The molecule has 0 fully saturated rings. The predicted molar refractivity (Wildman–Crippen MR) is 291 cm³/mol. The average molecular weight is 899 g/mol. The van der Waals surface area contributed by atoms with E-state index in [0.29, 0.717) is 0 Å². The topological polar surface area (TPSA) is 19.6 Å². The average Bonchev–Trinajstić information content (AvgIpc) is 3.98. The molecular formula is C66H51BN2O. The van der Waals surface area contributed by atoms with Gasteiger partial charge in [0.25, 0.3) is 0 Å². The van der Waals surface area contributed by atoms with Crippen molar-refractivity contribution < 1.29 is 4.42 Å². The lowest BCUT2D eigenvalue weighted by molar-refractivity contribution is 0.332. The molecule has 10 aromatic rings. The molecule has 0 radical (unpaired) electrons. The summed E-state index contributed by atoms with van der Waals surface area (Å²) in [6.07, 6.45) is 2.33. The monoisotopic (exact) mass is 898 g/mol. The molecule has 6 aliphatic rings.